The lowest BCUT2D eigenvalue weighted by atomic mass is 10.1. The van der Waals surface area contributed by atoms with Crippen LogP contribution in [-0.2, 0) is 0 Å². The van der Waals surface area contributed by atoms with Crippen molar-refractivity contribution in [3.8, 4) is 5.75 Å². The number of thioether (sulfide) groups is 1. The molecule has 4 heteroatoms. The van der Waals surface area contributed by atoms with Gasteiger partial charge in [0.25, 0.3) is 0 Å². The van der Waals surface area contributed by atoms with Gasteiger partial charge in [-0.2, -0.15) is 11.8 Å². The zero-order valence-corrected chi connectivity index (χ0v) is 12.1. The van der Waals surface area contributed by atoms with E-state index >= 15 is 0 Å². The third-order valence-corrected chi connectivity index (χ3v) is 3.40. The largest absolute Gasteiger partial charge is 0.493 e. The maximum Gasteiger partial charge on any atom is 0.124 e. The number of nitrogens with two attached hydrogens (primary N) is 1. The molecular weight excluding hydrogens is 286 g/mol. The van der Waals surface area contributed by atoms with Crippen LogP contribution in [-0.4, -0.2) is 18.6 Å². The predicted molar refractivity (Wildman–Crippen MR) is 75.2 cm³/mol. The molecule has 0 heterocycles. The Morgan fingerprint density at radius 2 is 2.25 bits per heavy atom. The average molecular weight is 304 g/mol. The SMILES string of the molecule is CSCCCOc1ccc(Br)cc1C(C)N. The highest BCUT2D eigenvalue weighted by Gasteiger charge is 2.08. The van der Waals surface area contributed by atoms with Gasteiger partial charge < -0.3 is 10.5 Å². The lowest BCUT2D eigenvalue weighted by molar-refractivity contribution is 0.314. The van der Waals surface area contributed by atoms with Crippen molar-refractivity contribution >= 4 is 27.7 Å². The molecule has 0 spiro atoms. The second kappa shape index (κ2) is 7.20. The van der Waals surface area contributed by atoms with E-state index in [9.17, 15) is 0 Å². The first-order valence-corrected chi connectivity index (χ1v) is 7.50. The summed E-state index contributed by atoms with van der Waals surface area (Å²) in [5.74, 6) is 2.03. The molecule has 0 aliphatic heterocycles. The number of halogens is 1. The van der Waals surface area contributed by atoms with Crippen LogP contribution in [0.2, 0.25) is 0 Å². The van der Waals surface area contributed by atoms with Gasteiger partial charge >= 0.3 is 0 Å². The lowest BCUT2D eigenvalue weighted by Crippen LogP contribution is -2.09. The molecule has 1 aromatic carbocycles. The Bertz CT molecular complexity index is 331. The monoisotopic (exact) mass is 303 g/mol. The molecule has 1 atom stereocenters. The summed E-state index contributed by atoms with van der Waals surface area (Å²) in [5.41, 5.74) is 6.96. The van der Waals surface area contributed by atoms with Crippen LogP contribution in [0.5, 0.6) is 5.75 Å². The summed E-state index contributed by atoms with van der Waals surface area (Å²) in [6.07, 6.45) is 3.17. The van der Waals surface area contributed by atoms with Gasteiger partial charge in [-0.05, 0) is 43.6 Å². The third-order valence-electron chi connectivity index (χ3n) is 2.21. The van der Waals surface area contributed by atoms with Gasteiger partial charge in [-0.15, -0.1) is 0 Å². The highest BCUT2D eigenvalue weighted by atomic mass is 79.9. The van der Waals surface area contributed by atoms with E-state index < -0.39 is 0 Å². The Labute approximate surface area is 110 Å². The summed E-state index contributed by atoms with van der Waals surface area (Å²) >= 11 is 5.28. The number of hydrogen-bond acceptors (Lipinski definition) is 3. The van der Waals surface area contributed by atoms with E-state index in [-0.39, 0.29) is 6.04 Å². The first-order chi connectivity index (χ1) is 7.65. The Balaban J connectivity index is 2.64. The molecule has 1 unspecified atom stereocenters. The molecule has 2 N–H and O–H groups in total. The van der Waals surface area contributed by atoms with Gasteiger partial charge in [0.2, 0.25) is 0 Å². The van der Waals surface area contributed by atoms with Crippen LogP contribution < -0.4 is 10.5 Å². The molecule has 0 aliphatic carbocycles. The lowest BCUT2D eigenvalue weighted by Gasteiger charge is -2.14. The molecule has 0 aliphatic rings. The van der Waals surface area contributed by atoms with E-state index in [0.29, 0.717) is 0 Å². The molecule has 0 amide bonds. The first-order valence-electron chi connectivity index (χ1n) is 5.32. The van der Waals surface area contributed by atoms with Crippen molar-refractivity contribution in [1.82, 2.24) is 0 Å². The summed E-state index contributed by atoms with van der Waals surface area (Å²) < 4.78 is 6.78. The van der Waals surface area contributed by atoms with Crippen LogP contribution in [0, 0.1) is 0 Å². The van der Waals surface area contributed by atoms with Crippen molar-refractivity contribution in [2.45, 2.75) is 19.4 Å². The zero-order chi connectivity index (χ0) is 12.0. The maximum absolute atomic E-state index is 5.91. The smallest absolute Gasteiger partial charge is 0.124 e. The van der Waals surface area contributed by atoms with Gasteiger partial charge in [0.15, 0.2) is 0 Å². The first kappa shape index (κ1) is 13.9. The van der Waals surface area contributed by atoms with Crippen molar-refractivity contribution in [2.24, 2.45) is 5.73 Å². The Morgan fingerprint density at radius 1 is 1.50 bits per heavy atom. The van der Waals surface area contributed by atoms with Gasteiger partial charge in [-0.3, -0.25) is 0 Å². The topological polar surface area (TPSA) is 35.2 Å². The fourth-order valence-corrected chi connectivity index (χ4v) is 2.18. The number of ether oxygens (including phenoxy) is 1. The molecule has 1 aromatic rings. The summed E-state index contributed by atoms with van der Waals surface area (Å²) in [6.45, 7) is 2.72. The van der Waals surface area contributed by atoms with E-state index in [2.05, 4.69) is 22.2 Å². The fourth-order valence-electron chi connectivity index (χ4n) is 1.39. The molecular formula is C12H18BrNOS. The van der Waals surface area contributed by atoms with Gasteiger partial charge in [0.05, 0.1) is 6.61 Å². The Morgan fingerprint density at radius 3 is 2.88 bits per heavy atom. The highest BCUT2D eigenvalue weighted by molar-refractivity contribution is 9.10. The molecule has 0 saturated heterocycles. The van der Waals surface area contributed by atoms with Crippen molar-refractivity contribution in [1.29, 1.82) is 0 Å². The van der Waals surface area contributed by atoms with Crippen LogP contribution in [0.15, 0.2) is 22.7 Å². The minimum atomic E-state index is -0.00644. The van der Waals surface area contributed by atoms with Crippen LogP contribution in [0.1, 0.15) is 24.9 Å². The Kier molecular flexibility index (Phi) is 6.24. The van der Waals surface area contributed by atoms with E-state index in [0.717, 1.165) is 34.6 Å². The van der Waals surface area contributed by atoms with Gasteiger partial charge in [0.1, 0.15) is 5.75 Å². The van der Waals surface area contributed by atoms with E-state index in [1.54, 1.807) is 0 Å². The molecule has 0 aromatic heterocycles. The van der Waals surface area contributed by atoms with E-state index in [1.165, 1.54) is 0 Å². The maximum atomic E-state index is 5.91. The van der Waals surface area contributed by atoms with Crippen LogP contribution in [0.3, 0.4) is 0 Å². The summed E-state index contributed by atoms with van der Waals surface area (Å²) in [7, 11) is 0. The van der Waals surface area contributed by atoms with Crippen LogP contribution in [0.4, 0.5) is 0 Å². The predicted octanol–water partition coefficient (Wildman–Crippen LogP) is 3.60. The fraction of sp³-hybridized carbons (Fsp3) is 0.500. The molecule has 0 bridgehead atoms. The molecule has 0 fully saturated rings. The van der Waals surface area contributed by atoms with Crippen molar-refractivity contribution < 1.29 is 4.74 Å². The number of rotatable bonds is 6. The molecule has 1 rings (SSSR count). The molecule has 0 radical (unpaired) electrons. The van der Waals surface area contributed by atoms with Crippen molar-refractivity contribution in [3.05, 3.63) is 28.2 Å². The minimum Gasteiger partial charge on any atom is -0.493 e. The summed E-state index contributed by atoms with van der Waals surface area (Å²) in [6, 6.07) is 5.97. The third kappa shape index (κ3) is 4.36. The number of hydrogen-bond donors (Lipinski definition) is 1. The second-order valence-corrected chi connectivity index (χ2v) is 5.57. The standard InChI is InChI=1S/C12H18BrNOS/c1-9(14)11-8-10(13)4-5-12(11)15-6-3-7-16-2/h4-5,8-9H,3,6-7,14H2,1-2H3. The van der Waals surface area contributed by atoms with Crippen molar-refractivity contribution in [2.75, 3.05) is 18.6 Å². The molecule has 16 heavy (non-hydrogen) atoms. The second-order valence-electron chi connectivity index (χ2n) is 3.67. The quantitative estimate of drug-likeness (QED) is 0.816. The molecule has 0 saturated carbocycles. The summed E-state index contributed by atoms with van der Waals surface area (Å²) in [5, 5.41) is 0. The van der Waals surface area contributed by atoms with Crippen LogP contribution in [0.25, 0.3) is 0 Å². The van der Waals surface area contributed by atoms with E-state index in [4.69, 9.17) is 10.5 Å². The van der Waals surface area contributed by atoms with Gasteiger partial charge in [-0.25, -0.2) is 0 Å². The Hall–Kier alpha value is -0.190. The zero-order valence-electron chi connectivity index (χ0n) is 9.70. The normalized spacial score (nSPS) is 12.5. The molecule has 90 valence electrons. The van der Waals surface area contributed by atoms with Crippen molar-refractivity contribution in [3.63, 3.8) is 0 Å². The van der Waals surface area contributed by atoms with Gasteiger partial charge in [0, 0.05) is 16.1 Å². The van der Waals surface area contributed by atoms with E-state index in [1.807, 2.05) is 36.9 Å². The van der Waals surface area contributed by atoms with Crippen LogP contribution >= 0.6 is 27.7 Å². The summed E-state index contributed by atoms with van der Waals surface area (Å²) in [4.78, 5) is 0. The molecule has 2 nitrogen and oxygen atoms in total. The number of benzene rings is 1. The minimum absolute atomic E-state index is 0.00644. The highest BCUT2D eigenvalue weighted by Crippen LogP contribution is 2.27. The van der Waals surface area contributed by atoms with Gasteiger partial charge in [-0.1, -0.05) is 15.9 Å². The average Bonchev–Trinajstić information content (AvgIpc) is 2.26.